The van der Waals surface area contributed by atoms with Crippen LogP contribution in [0.4, 0.5) is 0 Å². The fourth-order valence-electron chi connectivity index (χ4n) is 3.69. The summed E-state index contributed by atoms with van der Waals surface area (Å²) >= 11 is 0. The lowest BCUT2D eigenvalue weighted by Crippen LogP contribution is -2.53. The molecule has 0 spiro atoms. The third-order valence-electron chi connectivity index (χ3n) is 4.92. The van der Waals surface area contributed by atoms with Gasteiger partial charge in [-0.2, -0.15) is 0 Å². The van der Waals surface area contributed by atoms with Crippen molar-refractivity contribution >= 4 is 0 Å². The van der Waals surface area contributed by atoms with Crippen LogP contribution in [0.3, 0.4) is 0 Å². The Balaban J connectivity index is 1.92. The quantitative estimate of drug-likeness (QED) is 0.798. The van der Waals surface area contributed by atoms with Crippen molar-refractivity contribution in [2.24, 2.45) is 5.41 Å². The molecule has 2 rings (SSSR count). The van der Waals surface area contributed by atoms with E-state index in [-0.39, 0.29) is 0 Å². The summed E-state index contributed by atoms with van der Waals surface area (Å²) in [5.74, 6) is 0. The van der Waals surface area contributed by atoms with E-state index in [0.29, 0.717) is 5.41 Å². The standard InChI is InChI=1S/C16H33N3O/c1-4-17-12-16(8-6-10-20-14-16)13-19-9-5-7-15(11-19)18(2)3/h15,17H,4-14H2,1-3H3. The summed E-state index contributed by atoms with van der Waals surface area (Å²) in [7, 11) is 4.43. The number of nitrogens with zero attached hydrogens (tertiary/aromatic N) is 2. The van der Waals surface area contributed by atoms with Crippen LogP contribution in [0.1, 0.15) is 32.6 Å². The molecular formula is C16H33N3O. The molecule has 0 radical (unpaired) electrons. The maximum Gasteiger partial charge on any atom is 0.0546 e. The average molecular weight is 283 g/mol. The first kappa shape index (κ1) is 16.2. The van der Waals surface area contributed by atoms with Gasteiger partial charge in [0, 0.05) is 37.7 Å². The molecule has 2 aliphatic rings. The van der Waals surface area contributed by atoms with Crippen LogP contribution in [0, 0.1) is 5.41 Å². The third kappa shape index (κ3) is 4.42. The van der Waals surface area contributed by atoms with E-state index in [4.69, 9.17) is 4.74 Å². The highest BCUT2D eigenvalue weighted by molar-refractivity contribution is 4.89. The van der Waals surface area contributed by atoms with Gasteiger partial charge in [-0.25, -0.2) is 0 Å². The van der Waals surface area contributed by atoms with Crippen LogP contribution in [0.5, 0.6) is 0 Å². The van der Waals surface area contributed by atoms with Gasteiger partial charge in [0.15, 0.2) is 0 Å². The summed E-state index contributed by atoms with van der Waals surface area (Å²) < 4.78 is 5.82. The Morgan fingerprint density at radius 3 is 2.85 bits per heavy atom. The maximum absolute atomic E-state index is 5.82. The Morgan fingerprint density at radius 2 is 2.20 bits per heavy atom. The van der Waals surface area contributed by atoms with E-state index in [2.05, 4.69) is 36.1 Å². The minimum absolute atomic E-state index is 0.336. The second kappa shape index (κ2) is 7.74. The number of likely N-dealkylation sites (N-methyl/N-ethyl adjacent to an activating group) is 1. The molecule has 2 atom stereocenters. The zero-order chi connectivity index (χ0) is 14.4. The van der Waals surface area contributed by atoms with Gasteiger partial charge in [0.2, 0.25) is 0 Å². The Kier molecular flexibility index (Phi) is 6.27. The molecule has 0 aromatic heterocycles. The molecule has 118 valence electrons. The minimum atomic E-state index is 0.336. The maximum atomic E-state index is 5.82. The van der Waals surface area contributed by atoms with Gasteiger partial charge < -0.3 is 19.9 Å². The molecule has 0 saturated carbocycles. The van der Waals surface area contributed by atoms with E-state index in [1.807, 2.05) is 0 Å². The SMILES string of the molecule is CCNCC1(CN2CCCC(N(C)C)C2)CCCOC1. The molecule has 2 heterocycles. The molecule has 0 bridgehead atoms. The molecule has 2 saturated heterocycles. The predicted molar refractivity (Wildman–Crippen MR) is 84.2 cm³/mol. The van der Waals surface area contributed by atoms with Crippen molar-refractivity contribution in [3.8, 4) is 0 Å². The summed E-state index contributed by atoms with van der Waals surface area (Å²) in [6.45, 7) is 9.93. The van der Waals surface area contributed by atoms with Crippen LogP contribution in [0.25, 0.3) is 0 Å². The zero-order valence-electron chi connectivity index (χ0n) is 13.7. The number of hydrogen-bond acceptors (Lipinski definition) is 4. The van der Waals surface area contributed by atoms with Crippen LogP contribution >= 0.6 is 0 Å². The van der Waals surface area contributed by atoms with Crippen LogP contribution in [-0.2, 0) is 4.74 Å². The normalized spacial score (nSPS) is 32.7. The van der Waals surface area contributed by atoms with Crippen LogP contribution < -0.4 is 5.32 Å². The zero-order valence-corrected chi connectivity index (χ0v) is 13.7. The summed E-state index contributed by atoms with van der Waals surface area (Å²) in [6, 6.07) is 0.726. The second-order valence-corrected chi connectivity index (χ2v) is 6.93. The van der Waals surface area contributed by atoms with Gasteiger partial charge in [0.05, 0.1) is 6.61 Å². The minimum Gasteiger partial charge on any atom is -0.381 e. The monoisotopic (exact) mass is 283 g/mol. The van der Waals surface area contributed by atoms with E-state index in [1.54, 1.807) is 0 Å². The summed E-state index contributed by atoms with van der Waals surface area (Å²) in [5.41, 5.74) is 0.336. The molecule has 0 aromatic carbocycles. The number of nitrogens with one attached hydrogen (secondary N) is 1. The summed E-state index contributed by atoms with van der Waals surface area (Å²) in [6.07, 6.45) is 5.21. The van der Waals surface area contributed by atoms with Gasteiger partial charge in [-0.15, -0.1) is 0 Å². The highest BCUT2D eigenvalue weighted by Gasteiger charge is 2.35. The van der Waals surface area contributed by atoms with Gasteiger partial charge in [0.1, 0.15) is 0 Å². The van der Waals surface area contributed by atoms with Crippen molar-refractivity contribution in [1.29, 1.82) is 0 Å². The molecule has 2 unspecified atom stereocenters. The van der Waals surface area contributed by atoms with Gasteiger partial charge in [0.25, 0.3) is 0 Å². The highest BCUT2D eigenvalue weighted by atomic mass is 16.5. The molecule has 0 aromatic rings. The van der Waals surface area contributed by atoms with Gasteiger partial charge in [-0.05, 0) is 52.9 Å². The van der Waals surface area contributed by atoms with Crippen molar-refractivity contribution < 1.29 is 4.74 Å². The number of ether oxygens (including phenoxy) is 1. The Bertz CT molecular complexity index is 277. The number of hydrogen-bond donors (Lipinski definition) is 1. The van der Waals surface area contributed by atoms with Gasteiger partial charge in [-0.1, -0.05) is 6.92 Å². The van der Waals surface area contributed by atoms with E-state index in [9.17, 15) is 0 Å². The summed E-state index contributed by atoms with van der Waals surface area (Å²) in [4.78, 5) is 5.07. The van der Waals surface area contributed by atoms with Crippen molar-refractivity contribution in [1.82, 2.24) is 15.1 Å². The smallest absolute Gasteiger partial charge is 0.0546 e. The topological polar surface area (TPSA) is 27.7 Å². The lowest BCUT2D eigenvalue weighted by atomic mass is 9.81. The molecule has 0 aliphatic carbocycles. The highest BCUT2D eigenvalue weighted by Crippen LogP contribution is 2.30. The summed E-state index contributed by atoms with van der Waals surface area (Å²) in [5, 5.41) is 3.57. The molecule has 0 amide bonds. The van der Waals surface area contributed by atoms with Crippen LogP contribution in [-0.4, -0.2) is 75.9 Å². The predicted octanol–water partition coefficient (Wildman–Crippen LogP) is 1.42. The Morgan fingerprint density at radius 1 is 1.35 bits per heavy atom. The largest absolute Gasteiger partial charge is 0.381 e. The first-order valence-electron chi connectivity index (χ1n) is 8.32. The lowest BCUT2D eigenvalue weighted by Gasteiger charge is -2.44. The van der Waals surface area contributed by atoms with E-state index < -0.39 is 0 Å². The van der Waals surface area contributed by atoms with Crippen molar-refractivity contribution in [2.45, 2.75) is 38.6 Å². The van der Waals surface area contributed by atoms with Gasteiger partial charge in [-0.3, -0.25) is 0 Å². The van der Waals surface area contributed by atoms with E-state index in [1.165, 1.54) is 45.3 Å². The second-order valence-electron chi connectivity index (χ2n) is 6.93. The number of piperidine rings is 1. The fraction of sp³-hybridized carbons (Fsp3) is 1.00. The Labute approximate surface area is 124 Å². The first-order valence-corrected chi connectivity index (χ1v) is 8.32. The molecular weight excluding hydrogens is 250 g/mol. The van der Waals surface area contributed by atoms with Crippen molar-refractivity contribution in [2.75, 3.05) is 60.0 Å². The molecule has 4 nitrogen and oxygen atoms in total. The molecule has 1 N–H and O–H groups in total. The number of rotatable bonds is 6. The van der Waals surface area contributed by atoms with Crippen LogP contribution in [0.15, 0.2) is 0 Å². The molecule has 4 heteroatoms. The first-order chi connectivity index (χ1) is 9.65. The van der Waals surface area contributed by atoms with Crippen molar-refractivity contribution in [3.63, 3.8) is 0 Å². The molecule has 2 aliphatic heterocycles. The third-order valence-corrected chi connectivity index (χ3v) is 4.92. The van der Waals surface area contributed by atoms with Crippen LogP contribution in [0.2, 0.25) is 0 Å². The number of likely N-dealkylation sites (tertiary alicyclic amines) is 1. The molecule has 2 fully saturated rings. The van der Waals surface area contributed by atoms with Gasteiger partial charge >= 0.3 is 0 Å². The fourth-order valence-corrected chi connectivity index (χ4v) is 3.69. The lowest BCUT2D eigenvalue weighted by molar-refractivity contribution is -0.0330. The van der Waals surface area contributed by atoms with Crippen molar-refractivity contribution in [3.05, 3.63) is 0 Å². The van der Waals surface area contributed by atoms with E-state index in [0.717, 1.165) is 32.3 Å². The van der Waals surface area contributed by atoms with E-state index >= 15 is 0 Å². The Hall–Kier alpha value is -0.160. The molecule has 20 heavy (non-hydrogen) atoms. The average Bonchev–Trinajstić information content (AvgIpc) is 2.46.